The zero-order valence-electron chi connectivity index (χ0n) is 10.5. The average molecular weight is 281 g/mol. The molecular formula is C11H15N5O2S. The molecule has 8 heteroatoms. The predicted octanol–water partition coefficient (Wildman–Crippen LogP) is 0.967. The number of nitrogens with one attached hydrogen (secondary N) is 2. The Labute approximate surface area is 111 Å². The zero-order valence-corrected chi connectivity index (χ0v) is 11.3. The fourth-order valence-electron chi connectivity index (χ4n) is 2.42. The minimum atomic E-state index is -3.50. The van der Waals surface area contributed by atoms with Crippen LogP contribution in [0.15, 0.2) is 23.5 Å². The van der Waals surface area contributed by atoms with Crippen LogP contribution in [0, 0.1) is 6.92 Å². The molecular weight excluding hydrogens is 266 g/mol. The lowest BCUT2D eigenvalue weighted by Gasteiger charge is -2.21. The van der Waals surface area contributed by atoms with Crippen molar-refractivity contribution in [2.45, 2.75) is 30.7 Å². The molecule has 1 saturated heterocycles. The van der Waals surface area contributed by atoms with E-state index in [1.165, 1.54) is 16.7 Å². The van der Waals surface area contributed by atoms with E-state index in [0.29, 0.717) is 12.4 Å². The van der Waals surface area contributed by atoms with Crippen molar-refractivity contribution >= 4 is 10.0 Å². The lowest BCUT2D eigenvalue weighted by atomic mass is 10.2. The van der Waals surface area contributed by atoms with Crippen molar-refractivity contribution < 1.29 is 8.42 Å². The monoisotopic (exact) mass is 281 g/mol. The lowest BCUT2D eigenvalue weighted by Crippen LogP contribution is -2.31. The summed E-state index contributed by atoms with van der Waals surface area (Å²) >= 11 is 0. The van der Waals surface area contributed by atoms with E-state index in [1.54, 1.807) is 6.20 Å². The number of hydrogen-bond acceptors (Lipinski definition) is 4. The molecule has 1 aliphatic rings. The summed E-state index contributed by atoms with van der Waals surface area (Å²) in [7, 11) is -3.50. The highest BCUT2D eigenvalue weighted by molar-refractivity contribution is 7.89. The molecule has 7 nitrogen and oxygen atoms in total. The van der Waals surface area contributed by atoms with Crippen LogP contribution in [0.3, 0.4) is 0 Å². The number of rotatable bonds is 3. The van der Waals surface area contributed by atoms with Gasteiger partial charge in [-0.25, -0.2) is 13.4 Å². The first-order chi connectivity index (χ1) is 9.09. The van der Waals surface area contributed by atoms with Crippen molar-refractivity contribution in [1.29, 1.82) is 0 Å². The summed E-state index contributed by atoms with van der Waals surface area (Å²) < 4.78 is 26.5. The number of H-pyrrole nitrogens is 2. The molecule has 2 aromatic heterocycles. The fraction of sp³-hybridized carbons (Fsp3) is 0.455. The van der Waals surface area contributed by atoms with Gasteiger partial charge in [-0.15, -0.1) is 0 Å². The molecule has 0 unspecified atom stereocenters. The quantitative estimate of drug-likeness (QED) is 0.876. The maximum Gasteiger partial charge on any atom is 0.246 e. The molecule has 3 rings (SSSR count). The topological polar surface area (TPSA) is 94.7 Å². The Bertz CT molecular complexity index is 661. The average Bonchev–Trinajstić information content (AvgIpc) is 3.10. The van der Waals surface area contributed by atoms with Crippen molar-refractivity contribution in [3.63, 3.8) is 0 Å². The van der Waals surface area contributed by atoms with Crippen LogP contribution in [-0.4, -0.2) is 39.4 Å². The number of sulfonamides is 1. The van der Waals surface area contributed by atoms with E-state index >= 15 is 0 Å². The highest BCUT2D eigenvalue weighted by Crippen LogP contribution is 2.34. The van der Waals surface area contributed by atoms with Gasteiger partial charge in [-0.3, -0.25) is 5.10 Å². The van der Waals surface area contributed by atoms with Crippen LogP contribution >= 0.6 is 0 Å². The SMILES string of the molecule is Cc1cnc([C@H]2CCCN2S(=O)(=O)c2cn[nH]c2)[nH]1. The highest BCUT2D eigenvalue weighted by atomic mass is 32.2. The van der Waals surface area contributed by atoms with Gasteiger partial charge in [0.25, 0.3) is 0 Å². The van der Waals surface area contributed by atoms with Crippen molar-refractivity contribution in [3.8, 4) is 0 Å². The molecule has 3 heterocycles. The Hall–Kier alpha value is -1.67. The molecule has 0 aromatic carbocycles. The summed E-state index contributed by atoms with van der Waals surface area (Å²) in [5.74, 6) is 0.710. The van der Waals surface area contributed by atoms with Crippen LogP contribution in [0.1, 0.15) is 30.4 Å². The minimum absolute atomic E-state index is 0.197. The summed E-state index contributed by atoms with van der Waals surface area (Å²) in [6, 6.07) is -0.214. The number of nitrogens with zero attached hydrogens (tertiary/aromatic N) is 3. The van der Waals surface area contributed by atoms with Gasteiger partial charge >= 0.3 is 0 Å². The summed E-state index contributed by atoms with van der Waals surface area (Å²) in [5, 5.41) is 6.25. The van der Waals surface area contributed by atoms with E-state index in [9.17, 15) is 8.42 Å². The maximum absolute atomic E-state index is 12.5. The first kappa shape index (κ1) is 12.4. The second-order valence-corrected chi connectivity index (χ2v) is 6.55. The van der Waals surface area contributed by atoms with E-state index in [1.807, 2.05) is 6.92 Å². The molecule has 0 aliphatic carbocycles. The molecule has 0 spiro atoms. The number of aryl methyl sites for hydroxylation is 1. The molecule has 1 fully saturated rings. The van der Waals surface area contributed by atoms with Crippen molar-refractivity contribution in [3.05, 3.63) is 30.1 Å². The fourth-order valence-corrected chi connectivity index (χ4v) is 3.99. The number of hydrogen-bond donors (Lipinski definition) is 2. The zero-order chi connectivity index (χ0) is 13.5. The van der Waals surface area contributed by atoms with Crippen LogP contribution in [0.25, 0.3) is 0 Å². The van der Waals surface area contributed by atoms with Crippen LogP contribution in [0.2, 0.25) is 0 Å². The normalized spacial score (nSPS) is 21.0. The van der Waals surface area contributed by atoms with Crippen molar-refractivity contribution in [2.75, 3.05) is 6.54 Å². The van der Waals surface area contributed by atoms with Gasteiger partial charge in [0.1, 0.15) is 10.7 Å². The highest BCUT2D eigenvalue weighted by Gasteiger charge is 2.37. The number of aromatic amines is 2. The first-order valence-corrected chi connectivity index (χ1v) is 7.55. The van der Waals surface area contributed by atoms with Crippen LogP contribution in [0.4, 0.5) is 0 Å². The summed E-state index contributed by atoms with van der Waals surface area (Å²) in [6.45, 7) is 2.41. The van der Waals surface area contributed by atoms with E-state index in [2.05, 4.69) is 20.2 Å². The van der Waals surface area contributed by atoms with Gasteiger partial charge in [-0.05, 0) is 19.8 Å². The van der Waals surface area contributed by atoms with Crippen molar-refractivity contribution in [1.82, 2.24) is 24.5 Å². The van der Waals surface area contributed by atoms with Gasteiger partial charge in [0.15, 0.2) is 0 Å². The third-order valence-electron chi connectivity index (χ3n) is 3.32. The van der Waals surface area contributed by atoms with Gasteiger partial charge in [0, 0.05) is 24.6 Å². The predicted molar refractivity (Wildman–Crippen MR) is 67.8 cm³/mol. The molecule has 19 heavy (non-hydrogen) atoms. The standard InChI is InChI=1S/C11H15N5O2S/c1-8-5-12-11(15-8)10-3-2-4-16(10)19(17,18)9-6-13-14-7-9/h5-7,10H,2-4H2,1H3,(H,12,15)(H,13,14)/t10-/m1/s1. The van der Waals surface area contributed by atoms with E-state index in [-0.39, 0.29) is 10.9 Å². The Morgan fingerprint density at radius 3 is 2.89 bits per heavy atom. The molecule has 0 radical (unpaired) electrons. The Morgan fingerprint density at radius 2 is 2.26 bits per heavy atom. The lowest BCUT2D eigenvalue weighted by molar-refractivity contribution is 0.385. The van der Waals surface area contributed by atoms with Gasteiger partial charge in [-0.2, -0.15) is 9.40 Å². The Balaban J connectivity index is 1.96. The van der Waals surface area contributed by atoms with Crippen molar-refractivity contribution in [2.24, 2.45) is 0 Å². The molecule has 0 saturated carbocycles. The molecule has 2 N–H and O–H groups in total. The third kappa shape index (κ3) is 2.06. The second kappa shape index (κ2) is 4.46. The summed E-state index contributed by atoms with van der Waals surface area (Å²) in [4.78, 5) is 7.58. The molecule has 102 valence electrons. The van der Waals surface area contributed by atoms with Gasteiger partial charge in [-0.1, -0.05) is 0 Å². The Morgan fingerprint density at radius 1 is 1.42 bits per heavy atom. The van der Waals surface area contributed by atoms with Gasteiger partial charge in [0.2, 0.25) is 10.0 Å². The largest absolute Gasteiger partial charge is 0.345 e. The number of imidazole rings is 1. The van der Waals surface area contributed by atoms with E-state index in [0.717, 1.165) is 18.5 Å². The van der Waals surface area contributed by atoms with E-state index < -0.39 is 10.0 Å². The molecule has 2 aromatic rings. The summed E-state index contributed by atoms with van der Waals surface area (Å²) in [5.41, 5.74) is 0.933. The number of aromatic nitrogens is 4. The molecule has 1 aliphatic heterocycles. The first-order valence-electron chi connectivity index (χ1n) is 6.11. The van der Waals surface area contributed by atoms with Gasteiger partial charge in [0.05, 0.1) is 12.2 Å². The third-order valence-corrected chi connectivity index (χ3v) is 5.20. The molecule has 0 amide bonds. The second-order valence-electron chi connectivity index (χ2n) is 4.66. The van der Waals surface area contributed by atoms with E-state index in [4.69, 9.17) is 0 Å². The van der Waals surface area contributed by atoms with Crippen LogP contribution in [0.5, 0.6) is 0 Å². The molecule has 0 bridgehead atoms. The minimum Gasteiger partial charge on any atom is -0.345 e. The van der Waals surface area contributed by atoms with Crippen LogP contribution in [-0.2, 0) is 10.0 Å². The van der Waals surface area contributed by atoms with Gasteiger partial charge < -0.3 is 4.98 Å². The summed E-state index contributed by atoms with van der Waals surface area (Å²) in [6.07, 6.45) is 6.07. The van der Waals surface area contributed by atoms with Crippen LogP contribution < -0.4 is 0 Å². The smallest absolute Gasteiger partial charge is 0.246 e. The molecule has 1 atom stereocenters. The maximum atomic E-state index is 12.5. The Kier molecular flexibility index (Phi) is 2.90.